The molecular weight excluding hydrogens is 393 g/mol. The van der Waals surface area contributed by atoms with Gasteiger partial charge >= 0.3 is 6.18 Å². The smallest absolute Gasteiger partial charge is 0.379 e. The Labute approximate surface area is 178 Å². The number of nitrogens with zero attached hydrogens (tertiary/aromatic N) is 2. The van der Waals surface area contributed by atoms with Gasteiger partial charge in [0, 0.05) is 39.1 Å². The van der Waals surface area contributed by atoms with Crippen LogP contribution < -0.4 is 0 Å². The van der Waals surface area contributed by atoms with Crippen molar-refractivity contribution in [3.63, 3.8) is 0 Å². The van der Waals surface area contributed by atoms with Gasteiger partial charge in [-0.1, -0.05) is 39.8 Å². The van der Waals surface area contributed by atoms with Crippen LogP contribution >= 0.6 is 0 Å². The maximum atomic E-state index is 13.0. The predicted octanol–water partition coefficient (Wildman–Crippen LogP) is 4.83. The lowest BCUT2D eigenvalue weighted by Gasteiger charge is -2.31. The Morgan fingerprint density at radius 2 is 1.73 bits per heavy atom. The zero-order valence-corrected chi connectivity index (χ0v) is 18.6. The first-order valence-corrected chi connectivity index (χ1v) is 10.7. The number of amides is 1. The monoisotopic (exact) mass is 428 g/mol. The molecule has 7 heteroatoms. The number of benzene rings is 1. The summed E-state index contributed by atoms with van der Waals surface area (Å²) < 4.78 is 43.9. The van der Waals surface area contributed by atoms with Crippen molar-refractivity contribution in [2.45, 2.75) is 53.3 Å². The lowest BCUT2D eigenvalue weighted by molar-refractivity contribution is -0.137. The first-order valence-electron chi connectivity index (χ1n) is 10.7. The van der Waals surface area contributed by atoms with Crippen molar-refractivity contribution in [2.24, 2.45) is 11.3 Å². The van der Waals surface area contributed by atoms with Gasteiger partial charge in [-0.15, -0.1) is 0 Å². The summed E-state index contributed by atoms with van der Waals surface area (Å²) >= 11 is 0. The van der Waals surface area contributed by atoms with Crippen LogP contribution in [0.25, 0.3) is 0 Å². The summed E-state index contributed by atoms with van der Waals surface area (Å²) in [6.07, 6.45) is -2.97. The highest BCUT2D eigenvalue weighted by Crippen LogP contribution is 2.29. The van der Waals surface area contributed by atoms with Crippen molar-refractivity contribution < 1.29 is 22.7 Å². The average molecular weight is 429 g/mol. The van der Waals surface area contributed by atoms with Crippen molar-refractivity contribution in [3.05, 3.63) is 35.4 Å². The summed E-state index contributed by atoms with van der Waals surface area (Å²) in [7, 11) is 0. The number of hydrogen-bond donors (Lipinski definition) is 0. The fourth-order valence-corrected chi connectivity index (χ4v) is 3.94. The first-order chi connectivity index (χ1) is 13.9. The van der Waals surface area contributed by atoms with Gasteiger partial charge in [0.2, 0.25) is 5.91 Å². The molecule has 0 aromatic heterocycles. The summed E-state index contributed by atoms with van der Waals surface area (Å²) in [6, 6.07) is 5.11. The maximum absolute atomic E-state index is 13.0. The van der Waals surface area contributed by atoms with E-state index in [1.54, 1.807) is 4.90 Å². The Balaban J connectivity index is 2.04. The number of ether oxygens (including phenoxy) is 1. The molecule has 0 radical (unpaired) electrons. The Bertz CT molecular complexity index is 663. The van der Waals surface area contributed by atoms with E-state index in [2.05, 4.69) is 32.6 Å². The maximum Gasteiger partial charge on any atom is 0.416 e. The molecule has 1 aromatic rings. The van der Waals surface area contributed by atoms with Crippen molar-refractivity contribution in [3.8, 4) is 0 Å². The second kappa shape index (κ2) is 10.6. The van der Waals surface area contributed by atoms with Crippen LogP contribution in [0, 0.1) is 11.3 Å². The molecule has 1 aliphatic heterocycles. The van der Waals surface area contributed by atoms with Gasteiger partial charge in [-0.3, -0.25) is 9.69 Å². The zero-order chi connectivity index (χ0) is 22.4. The number of alkyl halides is 3. The van der Waals surface area contributed by atoms with E-state index >= 15 is 0 Å². The summed E-state index contributed by atoms with van der Waals surface area (Å²) in [5.41, 5.74) is 0.184. The molecular formula is C23H35F3N2O2. The fourth-order valence-electron chi connectivity index (χ4n) is 3.94. The van der Waals surface area contributed by atoms with E-state index in [9.17, 15) is 18.0 Å². The minimum atomic E-state index is -4.35. The van der Waals surface area contributed by atoms with E-state index < -0.39 is 11.7 Å². The van der Waals surface area contributed by atoms with Crippen molar-refractivity contribution >= 4 is 5.91 Å². The number of rotatable bonds is 8. The third-order valence-corrected chi connectivity index (χ3v) is 5.28. The summed E-state index contributed by atoms with van der Waals surface area (Å²) in [5, 5.41) is 0. The molecule has 1 fully saturated rings. The topological polar surface area (TPSA) is 32.8 Å². The fraction of sp³-hybridized carbons (Fsp3) is 0.696. The van der Waals surface area contributed by atoms with E-state index in [1.807, 2.05) is 0 Å². The lowest BCUT2D eigenvalue weighted by Crippen LogP contribution is -2.43. The van der Waals surface area contributed by atoms with Crippen LogP contribution in [-0.2, 0) is 22.3 Å². The molecule has 1 heterocycles. The molecule has 1 unspecified atom stereocenters. The van der Waals surface area contributed by atoms with E-state index in [-0.39, 0.29) is 17.2 Å². The molecule has 170 valence electrons. The molecule has 0 spiro atoms. The Kier molecular flexibility index (Phi) is 8.73. The van der Waals surface area contributed by atoms with Gasteiger partial charge < -0.3 is 9.64 Å². The van der Waals surface area contributed by atoms with Gasteiger partial charge in [0.25, 0.3) is 0 Å². The molecule has 1 aromatic carbocycles. The summed E-state index contributed by atoms with van der Waals surface area (Å²) in [5.74, 6) is 0.302. The quantitative estimate of drug-likeness (QED) is 0.595. The molecule has 1 atom stereocenters. The number of morpholine rings is 1. The van der Waals surface area contributed by atoms with Crippen LogP contribution in [0.4, 0.5) is 13.2 Å². The van der Waals surface area contributed by atoms with Crippen LogP contribution in [-0.4, -0.2) is 55.1 Å². The van der Waals surface area contributed by atoms with Gasteiger partial charge in [-0.2, -0.15) is 13.2 Å². The first kappa shape index (κ1) is 24.7. The molecule has 1 aliphatic rings. The van der Waals surface area contributed by atoms with Gasteiger partial charge in [-0.05, 0) is 35.4 Å². The minimum absolute atomic E-state index is 0.0555. The normalized spacial score (nSPS) is 17.0. The number of halogens is 3. The van der Waals surface area contributed by atoms with Gasteiger partial charge in [0.1, 0.15) is 0 Å². The van der Waals surface area contributed by atoms with Crippen molar-refractivity contribution in [1.29, 1.82) is 0 Å². The van der Waals surface area contributed by atoms with Crippen LogP contribution in [0.15, 0.2) is 24.3 Å². The standard InChI is InChI=1S/C23H35F3N2O2/c1-18(16-22(2,3)4)15-21(29)28(10-9-27-11-13-30-14-12-27)17-19-5-7-20(8-6-19)23(24,25)26/h5-8,18H,9-17H2,1-4H3. The molecule has 1 amide bonds. The SMILES string of the molecule is CC(CC(=O)N(CCN1CCOCC1)Cc1ccc(C(F)(F)F)cc1)CC(C)(C)C. The third kappa shape index (κ3) is 8.64. The number of carbonyl (C=O) groups excluding carboxylic acids is 1. The van der Waals surface area contributed by atoms with Crippen LogP contribution in [0.5, 0.6) is 0 Å². The van der Waals surface area contributed by atoms with Crippen LogP contribution in [0.1, 0.15) is 51.7 Å². The van der Waals surface area contributed by atoms with Crippen molar-refractivity contribution in [1.82, 2.24) is 9.80 Å². The highest BCUT2D eigenvalue weighted by molar-refractivity contribution is 5.76. The number of carbonyl (C=O) groups is 1. The largest absolute Gasteiger partial charge is 0.416 e. The van der Waals surface area contributed by atoms with E-state index in [0.717, 1.165) is 38.2 Å². The Hall–Kier alpha value is -1.60. The Morgan fingerprint density at radius 3 is 2.27 bits per heavy atom. The molecule has 0 bridgehead atoms. The minimum Gasteiger partial charge on any atom is -0.379 e. The van der Waals surface area contributed by atoms with E-state index in [0.29, 0.717) is 38.3 Å². The van der Waals surface area contributed by atoms with E-state index in [4.69, 9.17) is 4.74 Å². The predicted molar refractivity (Wildman–Crippen MR) is 112 cm³/mol. The van der Waals surface area contributed by atoms with Crippen molar-refractivity contribution in [2.75, 3.05) is 39.4 Å². The molecule has 30 heavy (non-hydrogen) atoms. The molecule has 0 saturated carbocycles. The third-order valence-electron chi connectivity index (χ3n) is 5.28. The second-order valence-corrected chi connectivity index (χ2v) is 9.54. The molecule has 2 rings (SSSR count). The van der Waals surface area contributed by atoms with Gasteiger partial charge in [-0.25, -0.2) is 0 Å². The van der Waals surface area contributed by atoms with Crippen LogP contribution in [0.2, 0.25) is 0 Å². The highest BCUT2D eigenvalue weighted by atomic mass is 19.4. The lowest BCUT2D eigenvalue weighted by atomic mass is 9.84. The summed E-state index contributed by atoms with van der Waals surface area (Å²) in [4.78, 5) is 17.1. The second-order valence-electron chi connectivity index (χ2n) is 9.54. The average Bonchev–Trinajstić information content (AvgIpc) is 2.64. The Morgan fingerprint density at radius 1 is 1.13 bits per heavy atom. The van der Waals surface area contributed by atoms with Gasteiger partial charge in [0.15, 0.2) is 0 Å². The molecule has 0 aliphatic carbocycles. The van der Waals surface area contributed by atoms with Crippen LogP contribution in [0.3, 0.4) is 0 Å². The molecule has 0 N–H and O–H groups in total. The summed E-state index contributed by atoms with van der Waals surface area (Å²) in [6.45, 7) is 13.2. The molecule has 1 saturated heterocycles. The van der Waals surface area contributed by atoms with E-state index in [1.165, 1.54) is 12.1 Å². The zero-order valence-electron chi connectivity index (χ0n) is 18.6. The number of hydrogen-bond acceptors (Lipinski definition) is 3. The van der Waals surface area contributed by atoms with Gasteiger partial charge in [0.05, 0.1) is 18.8 Å². The molecule has 4 nitrogen and oxygen atoms in total. The highest BCUT2D eigenvalue weighted by Gasteiger charge is 2.30.